The van der Waals surface area contributed by atoms with Gasteiger partial charge in [0.1, 0.15) is 11.5 Å². The lowest BCUT2D eigenvalue weighted by Gasteiger charge is -2.15. The van der Waals surface area contributed by atoms with E-state index in [0.717, 1.165) is 33.7 Å². The number of ether oxygens (including phenoxy) is 3. The van der Waals surface area contributed by atoms with Gasteiger partial charge >= 0.3 is 5.97 Å². The fraction of sp³-hybridized carbons (Fsp3) is 0.269. The van der Waals surface area contributed by atoms with Crippen molar-refractivity contribution in [1.82, 2.24) is 0 Å². The van der Waals surface area contributed by atoms with Crippen molar-refractivity contribution in [3.63, 3.8) is 0 Å². The SMILES string of the molecule is CCOCOc1cc(C)c(-c2cccc(CNc3ccc(OCC(=O)O)cc3)c2)c(C)c1. The van der Waals surface area contributed by atoms with Crippen molar-refractivity contribution in [3.8, 4) is 22.6 Å². The van der Waals surface area contributed by atoms with Crippen LogP contribution in [0.3, 0.4) is 0 Å². The number of carboxylic acids is 1. The molecule has 0 spiro atoms. The lowest BCUT2D eigenvalue weighted by molar-refractivity contribution is -0.139. The standard InChI is InChI=1S/C26H29NO5/c1-4-30-17-32-24-12-18(2)26(19(3)13-24)21-7-5-6-20(14-21)15-27-22-8-10-23(11-9-22)31-16-25(28)29/h5-14,27H,4,15-17H2,1-3H3,(H,28,29). The van der Waals surface area contributed by atoms with Crippen LogP contribution in [-0.4, -0.2) is 31.1 Å². The molecule has 0 bridgehead atoms. The smallest absolute Gasteiger partial charge is 0.341 e. The Bertz CT molecular complexity index is 1020. The van der Waals surface area contributed by atoms with Crippen LogP contribution in [0.1, 0.15) is 23.6 Å². The van der Waals surface area contributed by atoms with E-state index in [1.54, 1.807) is 12.1 Å². The monoisotopic (exact) mass is 435 g/mol. The first-order chi connectivity index (χ1) is 15.5. The molecule has 3 rings (SSSR count). The van der Waals surface area contributed by atoms with Crippen LogP contribution in [0.25, 0.3) is 11.1 Å². The first-order valence-electron chi connectivity index (χ1n) is 10.6. The minimum atomic E-state index is -0.995. The van der Waals surface area contributed by atoms with Crippen molar-refractivity contribution >= 4 is 11.7 Å². The van der Waals surface area contributed by atoms with E-state index in [9.17, 15) is 4.79 Å². The topological polar surface area (TPSA) is 77.0 Å². The Morgan fingerprint density at radius 2 is 1.66 bits per heavy atom. The molecular weight excluding hydrogens is 406 g/mol. The largest absolute Gasteiger partial charge is 0.482 e. The molecule has 168 valence electrons. The van der Waals surface area contributed by atoms with Gasteiger partial charge in [0.05, 0.1) is 0 Å². The predicted octanol–water partition coefficient (Wildman–Crippen LogP) is 5.42. The summed E-state index contributed by atoms with van der Waals surface area (Å²) in [5.74, 6) is 0.343. The number of hydrogen-bond acceptors (Lipinski definition) is 5. The zero-order chi connectivity index (χ0) is 22.9. The van der Waals surface area contributed by atoms with Crippen molar-refractivity contribution in [2.45, 2.75) is 27.3 Å². The summed E-state index contributed by atoms with van der Waals surface area (Å²) in [6.45, 7) is 7.32. The minimum absolute atomic E-state index is 0.253. The lowest BCUT2D eigenvalue weighted by Crippen LogP contribution is -2.09. The zero-order valence-corrected chi connectivity index (χ0v) is 18.7. The maximum absolute atomic E-state index is 10.6. The summed E-state index contributed by atoms with van der Waals surface area (Å²) >= 11 is 0. The van der Waals surface area contributed by atoms with Crippen molar-refractivity contribution in [1.29, 1.82) is 0 Å². The molecule has 2 N–H and O–H groups in total. The highest BCUT2D eigenvalue weighted by atomic mass is 16.7. The van der Waals surface area contributed by atoms with E-state index < -0.39 is 5.97 Å². The molecule has 0 aliphatic carbocycles. The summed E-state index contributed by atoms with van der Waals surface area (Å²) < 4.78 is 16.1. The van der Waals surface area contributed by atoms with Gasteiger partial charge in [-0.25, -0.2) is 4.79 Å². The highest BCUT2D eigenvalue weighted by Crippen LogP contribution is 2.31. The van der Waals surface area contributed by atoms with Crippen molar-refractivity contribution < 1.29 is 24.1 Å². The van der Waals surface area contributed by atoms with E-state index in [4.69, 9.17) is 19.3 Å². The molecular formula is C26H29NO5. The highest BCUT2D eigenvalue weighted by molar-refractivity contribution is 5.72. The third-order valence-electron chi connectivity index (χ3n) is 4.95. The quantitative estimate of drug-likeness (QED) is 0.309. The highest BCUT2D eigenvalue weighted by Gasteiger charge is 2.09. The van der Waals surface area contributed by atoms with Crippen molar-refractivity contribution in [3.05, 3.63) is 77.4 Å². The van der Waals surface area contributed by atoms with Gasteiger partial charge < -0.3 is 24.6 Å². The third kappa shape index (κ3) is 6.49. The molecule has 0 aromatic heterocycles. The van der Waals surface area contributed by atoms with Crippen LogP contribution in [0, 0.1) is 13.8 Å². The summed E-state index contributed by atoms with van der Waals surface area (Å²) in [4.78, 5) is 10.6. The van der Waals surface area contributed by atoms with Crippen LogP contribution in [-0.2, 0) is 16.1 Å². The molecule has 3 aromatic rings. The number of carboxylic acid groups (broad SMARTS) is 1. The number of benzene rings is 3. The van der Waals surface area contributed by atoms with Crippen molar-refractivity contribution in [2.24, 2.45) is 0 Å². The Morgan fingerprint density at radius 1 is 0.938 bits per heavy atom. The Kier molecular flexibility index (Phi) is 8.11. The molecule has 0 saturated carbocycles. The molecule has 0 atom stereocenters. The van der Waals surface area contributed by atoms with Gasteiger partial charge in [0, 0.05) is 18.8 Å². The number of anilines is 1. The second-order valence-corrected chi connectivity index (χ2v) is 7.45. The Labute approximate surface area is 188 Å². The average molecular weight is 436 g/mol. The molecule has 0 heterocycles. The van der Waals surface area contributed by atoms with Gasteiger partial charge in [-0.15, -0.1) is 0 Å². The van der Waals surface area contributed by atoms with E-state index >= 15 is 0 Å². The van der Waals surface area contributed by atoms with Gasteiger partial charge in [0.15, 0.2) is 13.4 Å². The maximum atomic E-state index is 10.6. The lowest BCUT2D eigenvalue weighted by atomic mass is 9.94. The molecule has 6 nitrogen and oxygen atoms in total. The van der Waals surface area contributed by atoms with Gasteiger partial charge in [0.25, 0.3) is 0 Å². The molecule has 0 aliphatic heterocycles. The van der Waals surface area contributed by atoms with E-state index in [1.807, 2.05) is 31.2 Å². The normalized spacial score (nSPS) is 10.6. The molecule has 0 saturated heterocycles. The first kappa shape index (κ1) is 23.2. The maximum Gasteiger partial charge on any atom is 0.341 e. The molecule has 32 heavy (non-hydrogen) atoms. The molecule has 0 unspecified atom stereocenters. The Balaban J connectivity index is 1.67. The number of nitrogens with one attached hydrogen (secondary N) is 1. The molecule has 6 heteroatoms. The molecule has 0 fully saturated rings. The van der Waals surface area contributed by atoms with E-state index in [1.165, 1.54) is 5.56 Å². The number of aliphatic carboxylic acids is 1. The van der Waals surface area contributed by atoms with Gasteiger partial charge in [-0.05, 0) is 91.1 Å². The second-order valence-electron chi connectivity index (χ2n) is 7.45. The number of hydrogen-bond donors (Lipinski definition) is 2. The van der Waals surface area contributed by atoms with Crippen LogP contribution in [0.15, 0.2) is 60.7 Å². The minimum Gasteiger partial charge on any atom is -0.482 e. The van der Waals surface area contributed by atoms with Crippen molar-refractivity contribution in [2.75, 3.05) is 25.3 Å². The van der Waals surface area contributed by atoms with Crippen LogP contribution in [0.2, 0.25) is 0 Å². The molecule has 0 aliphatic rings. The van der Waals surface area contributed by atoms with Gasteiger partial charge in [-0.2, -0.15) is 0 Å². The third-order valence-corrected chi connectivity index (χ3v) is 4.95. The average Bonchev–Trinajstić information content (AvgIpc) is 2.77. The Hall–Kier alpha value is -3.51. The number of aryl methyl sites for hydroxylation is 2. The second kappa shape index (κ2) is 11.2. The summed E-state index contributed by atoms with van der Waals surface area (Å²) in [7, 11) is 0. The fourth-order valence-electron chi connectivity index (χ4n) is 3.51. The molecule has 3 aromatic carbocycles. The summed E-state index contributed by atoms with van der Waals surface area (Å²) in [6, 6.07) is 19.8. The van der Waals surface area contributed by atoms with Crippen LogP contribution in [0.5, 0.6) is 11.5 Å². The van der Waals surface area contributed by atoms with Gasteiger partial charge in [-0.3, -0.25) is 0 Å². The van der Waals surface area contributed by atoms with Gasteiger partial charge in [0.2, 0.25) is 0 Å². The fourth-order valence-corrected chi connectivity index (χ4v) is 3.51. The molecule has 0 amide bonds. The van der Waals surface area contributed by atoms with E-state index in [-0.39, 0.29) is 13.4 Å². The first-order valence-corrected chi connectivity index (χ1v) is 10.6. The predicted molar refractivity (Wildman–Crippen MR) is 125 cm³/mol. The summed E-state index contributed by atoms with van der Waals surface area (Å²) in [5, 5.41) is 12.1. The van der Waals surface area contributed by atoms with Gasteiger partial charge in [-0.1, -0.05) is 18.2 Å². The van der Waals surface area contributed by atoms with Crippen LogP contribution >= 0.6 is 0 Å². The van der Waals surface area contributed by atoms with Crippen LogP contribution in [0.4, 0.5) is 5.69 Å². The van der Waals surface area contributed by atoms with E-state index in [0.29, 0.717) is 18.9 Å². The van der Waals surface area contributed by atoms with E-state index in [2.05, 4.69) is 43.4 Å². The zero-order valence-electron chi connectivity index (χ0n) is 18.7. The number of carbonyl (C=O) groups is 1. The summed E-state index contributed by atoms with van der Waals surface area (Å²) in [5.41, 5.74) is 6.76. The molecule has 0 radical (unpaired) electrons. The number of rotatable bonds is 11. The van der Waals surface area contributed by atoms with Crippen LogP contribution < -0.4 is 14.8 Å². The summed E-state index contributed by atoms with van der Waals surface area (Å²) in [6.07, 6.45) is 0. The Morgan fingerprint density at radius 3 is 2.31 bits per heavy atom.